The molecule has 1 fully saturated rings. The van der Waals surface area contributed by atoms with Crippen LogP contribution in [0.5, 0.6) is 0 Å². The maximum Gasteiger partial charge on any atom is 0.0351 e. The predicted molar refractivity (Wildman–Crippen MR) is 75.8 cm³/mol. The summed E-state index contributed by atoms with van der Waals surface area (Å²) >= 11 is 0. The average molecular weight is 244 g/mol. The molecule has 2 nitrogen and oxygen atoms in total. The van der Waals surface area contributed by atoms with Gasteiger partial charge in [0.1, 0.15) is 0 Å². The largest absolute Gasteiger partial charge is 0.315 e. The first-order valence-electron chi connectivity index (χ1n) is 7.37. The SMILES string of the molecule is CN(C1CCNC1)C1CCCCc2ccccc21. The molecule has 0 radical (unpaired) electrons. The predicted octanol–water partition coefficient (Wildman–Crippen LogP) is 2.75. The molecule has 1 aliphatic carbocycles. The molecule has 0 bridgehead atoms. The molecule has 1 aromatic rings. The van der Waals surface area contributed by atoms with Gasteiger partial charge in [-0.1, -0.05) is 30.7 Å². The topological polar surface area (TPSA) is 15.3 Å². The third-order valence-electron chi connectivity index (χ3n) is 4.69. The zero-order chi connectivity index (χ0) is 12.4. The minimum absolute atomic E-state index is 0.633. The Bertz CT molecular complexity index is 396. The quantitative estimate of drug-likeness (QED) is 0.805. The van der Waals surface area contributed by atoms with E-state index in [0.29, 0.717) is 6.04 Å². The summed E-state index contributed by atoms with van der Waals surface area (Å²) in [7, 11) is 2.32. The Kier molecular flexibility index (Phi) is 3.67. The number of aryl methyl sites for hydroxylation is 1. The summed E-state index contributed by atoms with van der Waals surface area (Å²) in [6, 6.07) is 10.4. The van der Waals surface area contributed by atoms with E-state index in [9.17, 15) is 0 Å². The number of fused-ring (bicyclic) bond motifs is 1. The van der Waals surface area contributed by atoms with Gasteiger partial charge in [0.15, 0.2) is 0 Å². The summed E-state index contributed by atoms with van der Waals surface area (Å²) < 4.78 is 0. The van der Waals surface area contributed by atoms with Crippen molar-refractivity contribution in [2.45, 2.75) is 44.2 Å². The average Bonchev–Trinajstić information content (AvgIpc) is 2.85. The van der Waals surface area contributed by atoms with E-state index in [1.54, 1.807) is 11.1 Å². The summed E-state index contributed by atoms with van der Waals surface area (Å²) in [4.78, 5) is 2.63. The highest BCUT2D eigenvalue weighted by molar-refractivity contribution is 5.31. The van der Waals surface area contributed by atoms with E-state index in [1.807, 2.05) is 0 Å². The molecule has 1 saturated heterocycles. The second-order valence-electron chi connectivity index (χ2n) is 5.77. The lowest BCUT2D eigenvalue weighted by Crippen LogP contribution is -2.36. The molecule has 2 heteroatoms. The van der Waals surface area contributed by atoms with E-state index >= 15 is 0 Å². The maximum absolute atomic E-state index is 3.49. The van der Waals surface area contributed by atoms with Gasteiger partial charge in [-0.3, -0.25) is 4.90 Å². The lowest BCUT2D eigenvalue weighted by Gasteiger charge is -2.33. The first kappa shape index (κ1) is 12.2. The van der Waals surface area contributed by atoms with Gasteiger partial charge in [0.2, 0.25) is 0 Å². The fraction of sp³-hybridized carbons (Fsp3) is 0.625. The second kappa shape index (κ2) is 5.41. The van der Waals surface area contributed by atoms with Crippen molar-refractivity contribution in [1.29, 1.82) is 0 Å². The first-order chi connectivity index (χ1) is 8.86. The highest BCUT2D eigenvalue weighted by atomic mass is 15.2. The van der Waals surface area contributed by atoms with Crippen molar-refractivity contribution in [2.24, 2.45) is 0 Å². The minimum Gasteiger partial charge on any atom is -0.315 e. The number of rotatable bonds is 2. The van der Waals surface area contributed by atoms with Crippen LogP contribution in [0.4, 0.5) is 0 Å². The summed E-state index contributed by atoms with van der Waals surface area (Å²) in [5.41, 5.74) is 3.17. The molecule has 98 valence electrons. The van der Waals surface area contributed by atoms with Crippen LogP contribution < -0.4 is 5.32 Å². The van der Waals surface area contributed by atoms with Crippen LogP contribution in [-0.2, 0) is 6.42 Å². The van der Waals surface area contributed by atoms with Gasteiger partial charge >= 0.3 is 0 Å². The third kappa shape index (κ3) is 2.32. The molecule has 2 atom stereocenters. The summed E-state index contributed by atoms with van der Waals surface area (Å²) in [6.07, 6.45) is 6.61. The highest BCUT2D eigenvalue weighted by Crippen LogP contribution is 2.34. The van der Waals surface area contributed by atoms with Crippen molar-refractivity contribution < 1.29 is 0 Å². The van der Waals surface area contributed by atoms with Crippen LogP contribution in [0.2, 0.25) is 0 Å². The third-order valence-corrected chi connectivity index (χ3v) is 4.69. The zero-order valence-electron chi connectivity index (χ0n) is 11.4. The van der Waals surface area contributed by atoms with Crippen LogP contribution in [0.1, 0.15) is 42.9 Å². The first-order valence-corrected chi connectivity index (χ1v) is 7.37. The van der Waals surface area contributed by atoms with Crippen LogP contribution in [0.15, 0.2) is 24.3 Å². The Morgan fingerprint density at radius 3 is 2.89 bits per heavy atom. The molecule has 2 unspecified atom stereocenters. The molecular weight excluding hydrogens is 220 g/mol. The van der Waals surface area contributed by atoms with Crippen LogP contribution in [-0.4, -0.2) is 31.1 Å². The van der Waals surface area contributed by atoms with Crippen molar-refractivity contribution in [3.05, 3.63) is 35.4 Å². The number of hydrogen-bond acceptors (Lipinski definition) is 2. The highest BCUT2D eigenvalue weighted by Gasteiger charge is 2.28. The Labute approximate surface area is 110 Å². The summed E-state index contributed by atoms with van der Waals surface area (Å²) in [5, 5.41) is 3.49. The van der Waals surface area contributed by atoms with Crippen LogP contribution in [0.25, 0.3) is 0 Å². The van der Waals surface area contributed by atoms with E-state index in [1.165, 1.54) is 38.6 Å². The van der Waals surface area contributed by atoms with E-state index in [4.69, 9.17) is 0 Å². The van der Waals surface area contributed by atoms with Crippen molar-refractivity contribution in [1.82, 2.24) is 10.2 Å². The molecule has 0 aromatic heterocycles. The van der Waals surface area contributed by atoms with Crippen LogP contribution >= 0.6 is 0 Å². The normalized spacial score (nSPS) is 28.1. The molecule has 1 N–H and O–H groups in total. The van der Waals surface area contributed by atoms with Crippen molar-refractivity contribution >= 4 is 0 Å². The van der Waals surface area contributed by atoms with Crippen LogP contribution in [0.3, 0.4) is 0 Å². The monoisotopic (exact) mass is 244 g/mol. The van der Waals surface area contributed by atoms with Crippen molar-refractivity contribution in [3.8, 4) is 0 Å². The van der Waals surface area contributed by atoms with Gasteiger partial charge in [0.25, 0.3) is 0 Å². The Morgan fingerprint density at radius 2 is 2.06 bits per heavy atom. The van der Waals surface area contributed by atoms with Gasteiger partial charge in [-0.05, 0) is 50.4 Å². The standard InChI is InChI=1S/C16H24N2/c1-18(14-10-11-17-12-14)16-9-5-3-7-13-6-2-4-8-15(13)16/h2,4,6,8,14,16-17H,3,5,7,9-12H2,1H3. The number of likely N-dealkylation sites (N-methyl/N-ethyl adjacent to an activating group) is 1. The number of benzene rings is 1. The smallest absolute Gasteiger partial charge is 0.0351 e. The molecule has 3 rings (SSSR count). The molecule has 0 amide bonds. The van der Waals surface area contributed by atoms with E-state index in [2.05, 4.69) is 41.5 Å². The fourth-order valence-electron chi connectivity index (χ4n) is 3.56. The molecule has 1 aliphatic heterocycles. The molecule has 0 saturated carbocycles. The molecule has 0 spiro atoms. The number of nitrogens with one attached hydrogen (secondary N) is 1. The van der Waals surface area contributed by atoms with Gasteiger partial charge in [-0.2, -0.15) is 0 Å². The lowest BCUT2D eigenvalue weighted by atomic mass is 9.97. The molecule has 2 aliphatic rings. The molecule has 1 aromatic carbocycles. The van der Waals surface area contributed by atoms with E-state index < -0.39 is 0 Å². The van der Waals surface area contributed by atoms with E-state index in [-0.39, 0.29) is 0 Å². The van der Waals surface area contributed by atoms with Gasteiger partial charge in [0, 0.05) is 18.6 Å². The second-order valence-corrected chi connectivity index (χ2v) is 5.77. The van der Waals surface area contributed by atoms with Crippen molar-refractivity contribution in [2.75, 3.05) is 20.1 Å². The van der Waals surface area contributed by atoms with Gasteiger partial charge in [-0.25, -0.2) is 0 Å². The van der Waals surface area contributed by atoms with Gasteiger partial charge in [0.05, 0.1) is 0 Å². The van der Waals surface area contributed by atoms with E-state index in [0.717, 1.165) is 12.6 Å². The number of nitrogens with zero attached hydrogens (tertiary/aromatic N) is 1. The van der Waals surface area contributed by atoms with Crippen LogP contribution in [0, 0.1) is 0 Å². The Hall–Kier alpha value is -0.860. The number of hydrogen-bond donors (Lipinski definition) is 1. The maximum atomic E-state index is 3.49. The molecule has 1 heterocycles. The lowest BCUT2D eigenvalue weighted by molar-refractivity contribution is 0.174. The molecular formula is C16H24N2. The minimum atomic E-state index is 0.633. The zero-order valence-corrected chi connectivity index (χ0v) is 11.4. The molecule has 18 heavy (non-hydrogen) atoms. The summed E-state index contributed by atoms with van der Waals surface area (Å²) in [5.74, 6) is 0. The van der Waals surface area contributed by atoms with Gasteiger partial charge in [-0.15, -0.1) is 0 Å². The Morgan fingerprint density at radius 1 is 1.17 bits per heavy atom. The summed E-state index contributed by atoms with van der Waals surface area (Å²) in [6.45, 7) is 2.35. The van der Waals surface area contributed by atoms with Crippen molar-refractivity contribution in [3.63, 3.8) is 0 Å². The van der Waals surface area contributed by atoms with Gasteiger partial charge < -0.3 is 5.32 Å². The Balaban J connectivity index is 1.86. The fourth-order valence-corrected chi connectivity index (χ4v) is 3.56.